The first kappa shape index (κ1) is 16.4. The predicted octanol–water partition coefficient (Wildman–Crippen LogP) is 3.87. The Morgan fingerprint density at radius 3 is 2.81 bits per heavy atom. The average Bonchev–Trinajstić information content (AvgIpc) is 2.93. The highest BCUT2D eigenvalue weighted by Crippen LogP contribution is 2.32. The van der Waals surface area contributed by atoms with Crippen LogP contribution in [0.25, 0.3) is 10.2 Å². The molecule has 2 aromatic rings. The van der Waals surface area contributed by atoms with Gasteiger partial charge in [-0.2, -0.15) is 16.7 Å². The molecule has 0 bridgehead atoms. The van der Waals surface area contributed by atoms with Crippen LogP contribution in [-0.2, 0) is 6.42 Å². The number of anilines is 2. The van der Waals surface area contributed by atoms with E-state index in [9.17, 15) is 0 Å². The van der Waals surface area contributed by atoms with Crippen molar-refractivity contribution in [3.63, 3.8) is 0 Å². The first-order chi connectivity index (χ1) is 10.1. The summed E-state index contributed by atoms with van der Waals surface area (Å²) in [5.41, 5.74) is 0. The molecule has 2 heterocycles. The van der Waals surface area contributed by atoms with Crippen LogP contribution in [0, 0.1) is 0 Å². The van der Waals surface area contributed by atoms with Crippen LogP contribution in [0.4, 0.5) is 11.8 Å². The van der Waals surface area contributed by atoms with Crippen molar-refractivity contribution in [2.45, 2.75) is 32.7 Å². The van der Waals surface area contributed by atoms with Gasteiger partial charge in [-0.05, 0) is 37.8 Å². The van der Waals surface area contributed by atoms with Gasteiger partial charge in [-0.3, -0.25) is 0 Å². The molecule has 0 aromatic carbocycles. The zero-order valence-electron chi connectivity index (χ0n) is 13.4. The second kappa shape index (κ2) is 7.31. The van der Waals surface area contributed by atoms with Gasteiger partial charge in [0.15, 0.2) is 0 Å². The molecule has 2 aromatic heterocycles. The maximum Gasteiger partial charge on any atom is 0.225 e. The van der Waals surface area contributed by atoms with Crippen LogP contribution < -0.4 is 10.2 Å². The average molecular weight is 325 g/mol. The van der Waals surface area contributed by atoms with Crippen molar-refractivity contribution < 1.29 is 0 Å². The van der Waals surface area contributed by atoms with Crippen molar-refractivity contribution >= 4 is 45.1 Å². The first-order valence-electron chi connectivity index (χ1n) is 7.30. The molecule has 1 N–H and O–H groups in total. The van der Waals surface area contributed by atoms with Gasteiger partial charge in [0.2, 0.25) is 5.95 Å². The number of aromatic nitrogens is 2. The van der Waals surface area contributed by atoms with E-state index in [0.717, 1.165) is 23.5 Å². The lowest BCUT2D eigenvalue weighted by Gasteiger charge is -2.26. The fourth-order valence-corrected chi connectivity index (χ4v) is 3.74. The summed E-state index contributed by atoms with van der Waals surface area (Å²) in [5, 5.41) is 4.25. The van der Waals surface area contributed by atoms with Gasteiger partial charge in [0.1, 0.15) is 10.6 Å². The molecule has 0 spiro atoms. The molecule has 1 atom stereocenters. The Hall–Kier alpha value is -1.01. The molecule has 21 heavy (non-hydrogen) atoms. The maximum atomic E-state index is 4.70. The largest absolute Gasteiger partial charge is 0.357 e. The van der Waals surface area contributed by atoms with Gasteiger partial charge in [-0.15, -0.1) is 11.3 Å². The predicted molar refractivity (Wildman–Crippen MR) is 97.2 cm³/mol. The van der Waals surface area contributed by atoms with Gasteiger partial charge in [-0.25, -0.2) is 4.98 Å². The van der Waals surface area contributed by atoms with Gasteiger partial charge in [0, 0.05) is 25.0 Å². The maximum absolute atomic E-state index is 4.70. The number of nitrogens with one attached hydrogen (secondary N) is 1. The minimum absolute atomic E-state index is 0.463. The Kier molecular flexibility index (Phi) is 5.70. The smallest absolute Gasteiger partial charge is 0.225 e. The summed E-state index contributed by atoms with van der Waals surface area (Å²) in [7, 11) is 4.01. The zero-order valence-corrected chi connectivity index (χ0v) is 15.1. The summed E-state index contributed by atoms with van der Waals surface area (Å²) >= 11 is 3.66. The second-order valence-electron chi connectivity index (χ2n) is 5.15. The number of hydrogen-bond donors (Lipinski definition) is 1. The van der Waals surface area contributed by atoms with Crippen molar-refractivity contribution in [1.82, 2.24) is 9.97 Å². The van der Waals surface area contributed by atoms with Crippen molar-refractivity contribution in [1.29, 1.82) is 0 Å². The highest BCUT2D eigenvalue weighted by Gasteiger charge is 2.17. The lowest BCUT2D eigenvalue weighted by Crippen LogP contribution is -2.30. The monoisotopic (exact) mass is 324 g/mol. The quantitative estimate of drug-likeness (QED) is 0.837. The summed E-state index contributed by atoms with van der Waals surface area (Å²) in [6, 6.07) is 2.71. The minimum atomic E-state index is 0.463. The van der Waals surface area contributed by atoms with E-state index in [1.165, 1.54) is 16.0 Å². The molecule has 0 aliphatic heterocycles. The van der Waals surface area contributed by atoms with E-state index < -0.39 is 0 Å². The summed E-state index contributed by atoms with van der Waals surface area (Å²) in [6.07, 6.45) is 4.35. The Morgan fingerprint density at radius 2 is 2.19 bits per heavy atom. The number of thioether (sulfide) groups is 1. The van der Waals surface area contributed by atoms with E-state index in [4.69, 9.17) is 4.98 Å². The van der Waals surface area contributed by atoms with E-state index in [1.807, 2.05) is 18.8 Å². The van der Waals surface area contributed by atoms with Crippen LogP contribution in [0.3, 0.4) is 0 Å². The normalized spacial score (nSPS) is 12.6. The Bertz CT molecular complexity index is 597. The first-order valence-corrected chi connectivity index (χ1v) is 9.51. The van der Waals surface area contributed by atoms with Gasteiger partial charge in [-0.1, -0.05) is 6.92 Å². The van der Waals surface area contributed by atoms with E-state index in [1.54, 1.807) is 11.3 Å². The standard InChI is InChI=1S/C15H24N4S2/c1-6-11-9-12-13(19(4)10(2)7-8-20-5)17-15(16-3)18-14(12)21-11/h9-10H,6-8H2,1-5H3,(H,16,17,18). The van der Waals surface area contributed by atoms with Crippen LogP contribution in [0.15, 0.2) is 6.07 Å². The molecular formula is C15H24N4S2. The SMILES string of the molecule is CCc1cc2c(N(C)C(C)CCSC)nc(NC)nc2s1. The Labute approximate surface area is 135 Å². The summed E-state index contributed by atoms with van der Waals surface area (Å²) < 4.78 is 0. The summed E-state index contributed by atoms with van der Waals surface area (Å²) in [4.78, 5) is 14.0. The third-order valence-electron chi connectivity index (χ3n) is 3.73. The number of aryl methyl sites for hydroxylation is 1. The van der Waals surface area contributed by atoms with Gasteiger partial charge >= 0.3 is 0 Å². The molecule has 2 rings (SSSR count). The number of hydrogen-bond acceptors (Lipinski definition) is 6. The summed E-state index contributed by atoms with van der Waals surface area (Å²) in [5.74, 6) is 2.91. The molecule has 116 valence electrons. The number of thiophene rings is 1. The van der Waals surface area contributed by atoms with Crippen molar-refractivity contribution in [2.75, 3.05) is 36.3 Å². The van der Waals surface area contributed by atoms with E-state index in [-0.39, 0.29) is 0 Å². The fourth-order valence-electron chi connectivity index (χ4n) is 2.20. The Morgan fingerprint density at radius 1 is 1.43 bits per heavy atom. The molecule has 0 saturated carbocycles. The highest BCUT2D eigenvalue weighted by atomic mass is 32.2. The lowest BCUT2D eigenvalue weighted by atomic mass is 10.2. The molecule has 0 saturated heterocycles. The molecule has 0 amide bonds. The van der Waals surface area contributed by atoms with Gasteiger partial charge in [0.25, 0.3) is 0 Å². The second-order valence-corrected chi connectivity index (χ2v) is 7.25. The van der Waals surface area contributed by atoms with E-state index in [2.05, 4.69) is 48.4 Å². The van der Waals surface area contributed by atoms with Crippen molar-refractivity contribution in [3.05, 3.63) is 10.9 Å². The summed E-state index contributed by atoms with van der Waals surface area (Å²) in [6.45, 7) is 4.44. The molecule has 0 fully saturated rings. The third-order valence-corrected chi connectivity index (χ3v) is 5.55. The fraction of sp³-hybridized carbons (Fsp3) is 0.600. The van der Waals surface area contributed by atoms with Crippen LogP contribution in [0.2, 0.25) is 0 Å². The van der Waals surface area contributed by atoms with Crippen LogP contribution in [0.5, 0.6) is 0 Å². The number of fused-ring (bicyclic) bond motifs is 1. The lowest BCUT2D eigenvalue weighted by molar-refractivity contribution is 0.664. The van der Waals surface area contributed by atoms with Crippen LogP contribution in [-0.4, -0.2) is 42.1 Å². The zero-order chi connectivity index (χ0) is 15.4. The molecule has 0 radical (unpaired) electrons. The van der Waals surface area contributed by atoms with Crippen molar-refractivity contribution in [3.8, 4) is 0 Å². The highest BCUT2D eigenvalue weighted by molar-refractivity contribution is 7.98. The Balaban J connectivity index is 2.42. The van der Waals surface area contributed by atoms with Crippen LogP contribution in [0.1, 0.15) is 25.1 Å². The molecule has 1 unspecified atom stereocenters. The van der Waals surface area contributed by atoms with Gasteiger partial charge in [0.05, 0.1) is 5.39 Å². The molecule has 6 heteroatoms. The molecular weight excluding hydrogens is 300 g/mol. The number of nitrogens with zero attached hydrogens (tertiary/aromatic N) is 3. The van der Waals surface area contributed by atoms with Gasteiger partial charge < -0.3 is 10.2 Å². The number of rotatable bonds is 7. The topological polar surface area (TPSA) is 41.1 Å². The molecule has 4 nitrogen and oxygen atoms in total. The van der Waals surface area contributed by atoms with E-state index in [0.29, 0.717) is 12.0 Å². The molecule has 0 aliphatic rings. The minimum Gasteiger partial charge on any atom is -0.357 e. The van der Waals surface area contributed by atoms with Crippen LogP contribution >= 0.6 is 23.1 Å². The van der Waals surface area contributed by atoms with E-state index >= 15 is 0 Å². The molecule has 0 aliphatic carbocycles. The van der Waals surface area contributed by atoms with Crippen molar-refractivity contribution in [2.24, 2.45) is 0 Å². The third kappa shape index (κ3) is 3.61.